The lowest BCUT2D eigenvalue weighted by Crippen LogP contribution is -2.30. The van der Waals surface area contributed by atoms with E-state index in [0.717, 1.165) is 0 Å². The fraction of sp³-hybridized carbons (Fsp3) is 0.429. The quantitative estimate of drug-likeness (QED) is 0.748. The van der Waals surface area contributed by atoms with Crippen LogP contribution in [0.3, 0.4) is 0 Å². The Hall–Kier alpha value is -1.01. The molecule has 1 atom stereocenters. The Kier molecular flexibility index (Phi) is 2.94. The molecule has 0 aliphatic heterocycles. The van der Waals surface area contributed by atoms with Crippen LogP contribution in [-0.2, 0) is 11.3 Å². The molecular formula is C7H7F3O3. The molecule has 6 heteroatoms. The van der Waals surface area contributed by atoms with E-state index < -0.39 is 19.1 Å². The standard InChI is InChI=1S/C7H7F3O3/c8-7(9,10)6(11)13-4-5-2-1-3-12-5/h1-3,6,11H,4H2. The Balaban J connectivity index is 2.35. The van der Waals surface area contributed by atoms with Crippen molar-refractivity contribution in [3.8, 4) is 0 Å². The van der Waals surface area contributed by atoms with Gasteiger partial charge in [0, 0.05) is 0 Å². The Labute approximate surface area is 71.7 Å². The summed E-state index contributed by atoms with van der Waals surface area (Å²) < 4.78 is 43.8. The average molecular weight is 196 g/mol. The van der Waals surface area contributed by atoms with Crippen LogP contribution in [0.2, 0.25) is 0 Å². The van der Waals surface area contributed by atoms with E-state index in [-0.39, 0.29) is 5.76 Å². The van der Waals surface area contributed by atoms with Gasteiger partial charge in [-0.05, 0) is 12.1 Å². The summed E-state index contributed by atoms with van der Waals surface area (Å²) in [5, 5.41) is 8.40. The minimum Gasteiger partial charge on any atom is -0.467 e. The van der Waals surface area contributed by atoms with Crippen molar-refractivity contribution in [3.05, 3.63) is 24.2 Å². The molecule has 1 N–H and O–H groups in total. The van der Waals surface area contributed by atoms with Gasteiger partial charge in [0.15, 0.2) is 0 Å². The number of halogens is 3. The number of alkyl halides is 3. The van der Waals surface area contributed by atoms with Crippen molar-refractivity contribution in [3.63, 3.8) is 0 Å². The van der Waals surface area contributed by atoms with Crippen LogP contribution in [0.5, 0.6) is 0 Å². The predicted molar refractivity (Wildman–Crippen MR) is 35.6 cm³/mol. The van der Waals surface area contributed by atoms with E-state index in [2.05, 4.69) is 4.74 Å². The van der Waals surface area contributed by atoms with Gasteiger partial charge in [0.05, 0.1) is 6.26 Å². The summed E-state index contributed by atoms with van der Waals surface area (Å²) in [5.41, 5.74) is 0. The average Bonchev–Trinajstić information content (AvgIpc) is 2.50. The molecule has 0 amide bonds. The molecule has 1 aromatic rings. The first-order valence-corrected chi connectivity index (χ1v) is 3.39. The molecule has 1 rings (SSSR count). The maximum Gasteiger partial charge on any atom is 0.439 e. The van der Waals surface area contributed by atoms with Crippen molar-refractivity contribution in [1.82, 2.24) is 0 Å². The van der Waals surface area contributed by atoms with Crippen molar-refractivity contribution in [2.24, 2.45) is 0 Å². The Morgan fingerprint density at radius 3 is 2.69 bits per heavy atom. The molecule has 0 saturated carbocycles. The van der Waals surface area contributed by atoms with E-state index in [1.807, 2.05) is 0 Å². The summed E-state index contributed by atoms with van der Waals surface area (Å²) in [7, 11) is 0. The molecule has 0 aromatic carbocycles. The van der Waals surface area contributed by atoms with Crippen molar-refractivity contribution < 1.29 is 27.4 Å². The Morgan fingerprint density at radius 1 is 1.54 bits per heavy atom. The van der Waals surface area contributed by atoms with E-state index in [4.69, 9.17) is 9.52 Å². The van der Waals surface area contributed by atoms with Gasteiger partial charge < -0.3 is 14.3 Å². The maximum atomic E-state index is 11.7. The van der Waals surface area contributed by atoms with Crippen molar-refractivity contribution in [2.45, 2.75) is 19.1 Å². The third-order valence-electron chi connectivity index (χ3n) is 1.24. The van der Waals surface area contributed by atoms with E-state index >= 15 is 0 Å². The van der Waals surface area contributed by atoms with Crippen LogP contribution >= 0.6 is 0 Å². The molecule has 1 unspecified atom stereocenters. The fourth-order valence-electron chi connectivity index (χ4n) is 0.650. The maximum absolute atomic E-state index is 11.7. The van der Waals surface area contributed by atoms with Gasteiger partial charge >= 0.3 is 6.18 Å². The zero-order valence-corrected chi connectivity index (χ0v) is 6.41. The van der Waals surface area contributed by atoms with Gasteiger partial charge in [-0.1, -0.05) is 0 Å². The number of hydrogen-bond acceptors (Lipinski definition) is 3. The summed E-state index contributed by atoms with van der Waals surface area (Å²) in [4.78, 5) is 0. The first kappa shape index (κ1) is 10.1. The molecule has 0 radical (unpaired) electrons. The largest absolute Gasteiger partial charge is 0.467 e. The van der Waals surface area contributed by atoms with Crippen LogP contribution in [0.1, 0.15) is 5.76 Å². The van der Waals surface area contributed by atoms with E-state index in [1.165, 1.54) is 18.4 Å². The number of rotatable bonds is 3. The van der Waals surface area contributed by atoms with Crippen LogP contribution < -0.4 is 0 Å². The zero-order chi connectivity index (χ0) is 9.90. The molecule has 0 aliphatic carbocycles. The van der Waals surface area contributed by atoms with E-state index in [1.54, 1.807) is 0 Å². The van der Waals surface area contributed by atoms with Crippen LogP contribution in [0.4, 0.5) is 13.2 Å². The van der Waals surface area contributed by atoms with Gasteiger partial charge in [-0.3, -0.25) is 0 Å². The second-order valence-electron chi connectivity index (χ2n) is 2.28. The molecule has 1 aromatic heterocycles. The molecule has 1 heterocycles. The monoisotopic (exact) mass is 196 g/mol. The van der Waals surface area contributed by atoms with Crippen LogP contribution in [-0.4, -0.2) is 17.6 Å². The third-order valence-corrected chi connectivity index (χ3v) is 1.24. The van der Waals surface area contributed by atoms with Crippen LogP contribution in [0.15, 0.2) is 22.8 Å². The van der Waals surface area contributed by atoms with E-state index in [0.29, 0.717) is 0 Å². The lowest BCUT2D eigenvalue weighted by atomic mass is 10.5. The van der Waals surface area contributed by atoms with Crippen molar-refractivity contribution in [1.29, 1.82) is 0 Å². The van der Waals surface area contributed by atoms with Crippen LogP contribution in [0.25, 0.3) is 0 Å². The molecule has 13 heavy (non-hydrogen) atoms. The van der Waals surface area contributed by atoms with Crippen molar-refractivity contribution in [2.75, 3.05) is 0 Å². The van der Waals surface area contributed by atoms with Gasteiger partial charge in [-0.2, -0.15) is 13.2 Å². The summed E-state index contributed by atoms with van der Waals surface area (Å²) in [5.74, 6) is 0.225. The van der Waals surface area contributed by atoms with Gasteiger partial charge in [0.2, 0.25) is 0 Å². The summed E-state index contributed by atoms with van der Waals surface area (Å²) in [6.07, 6.45) is -6.22. The van der Waals surface area contributed by atoms with Crippen LogP contribution in [0, 0.1) is 0 Å². The summed E-state index contributed by atoms with van der Waals surface area (Å²) in [6, 6.07) is 2.96. The van der Waals surface area contributed by atoms with Gasteiger partial charge in [-0.15, -0.1) is 0 Å². The normalized spacial score (nSPS) is 14.5. The van der Waals surface area contributed by atoms with Gasteiger partial charge in [0.25, 0.3) is 6.29 Å². The number of aliphatic hydroxyl groups is 1. The second-order valence-corrected chi connectivity index (χ2v) is 2.28. The number of furan rings is 1. The highest BCUT2D eigenvalue weighted by atomic mass is 19.4. The molecule has 0 fully saturated rings. The smallest absolute Gasteiger partial charge is 0.439 e. The number of ether oxygens (including phenoxy) is 1. The lowest BCUT2D eigenvalue weighted by Gasteiger charge is -2.13. The second kappa shape index (κ2) is 3.80. The minimum absolute atomic E-state index is 0.225. The molecule has 0 saturated heterocycles. The zero-order valence-electron chi connectivity index (χ0n) is 6.41. The molecule has 0 spiro atoms. The lowest BCUT2D eigenvalue weighted by molar-refractivity contribution is -0.297. The third kappa shape index (κ3) is 3.08. The Morgan fingerprint density at radius 2 is 2.23 bits per heavy atom. The molecule has 74 valence electrons. The number of aliphatic hydroxyl groups excluding tert-OH is 1. The minimum atomic E-state index is -4.76. The SMILES string of the molecule is OC(OCc1ccco1)C(F)(F)F. The molecule has 0 bridgehead atoms. The first-order valence-electron chi connectivity index (χ1n) is 3.39. The molecule has 3 nitrogen and oxygen atoms in total. The highest BCUT2D eigenvalue weighted by molar-refractivity contribution is 4.96. The highest BCUT2D eigenvalue weighted by Crippen LogP contribution is 2.21. The van der Waals surface area contributed by atoms with E-state index in [9.17, 15) is 13.2 Å². The highest BCUT2D eigenvalue weighted by Gasteiger charge is 2.39. The van der Waals surface area contributed by atoms with Gasteiger partial charge in [-0.25, -0.2) is 0 Å². The Bertz CT molecular complexity index is 242. The summed E-state index contributed by atoms with van der Waals surface area (Å²) in [6.45, 7) is -0.409. The van der Waals surface area contributed by atoms with Gasteiger partial charge in [0.1, 0.15) is 12.4 Å². The summed E-state index contributed by atoms with van der Waals surface area (Å²) >= 11 is 0. The fourth-order valence-corrected chi connectivity index (χ4v) is 0.650. The topological polar surface area (TPSA) is 42.6 Å². The first-order chi connectivity index (χ1) is 6.00. The van der Waals surface area contributed by atoms with Crippen molar-refractivity contribution >= 4 is 0 Å². The molecule has 0 aliphatic rings. The predicted octanol–water partition coefficient (Wildman–Crippen LogP) is 1.68. The molecular weight excluding hydrogens is 189 g/mol. The number of hydrogen-bond donors (Lipinski definition) is 1.